The minimum absolute atomic E-state index is 0.0143. The zero-order valence-corrected chi connectivity index (χ0v) is 16.9. The molecule has 0 atom stereocenters. The number of tetrazole rings is 1. The molecule has 0 bridgehead atoms. The molecule has 1 saturated heterocycles. The van der Waals surface area contributed by atoms with Crippen LogP contribution in [0.1, 0.15) is 24.6 Å². The number of carbonyl (C=O) groups is 1. The van der Waals surface area contributed by atoms with E-state index in [1.807, 2.05) is 45.8 Å². The van der Waals surface area contributed by atoms with Gasteiger partial charge in [0.15, 0.2) is 5.65 Å². The topological polar surface area (TPSA) is 94.1 Å². The number of benzene rings is 1. The Hall–Kier alpha value is -3.33. The van der Waals surface area contributed by atoms with Gasteiger partial charge in [-0.15, -0.1) is 20.4 Å². The summed E-state index contributed by atoms with van der Waals surface area (Å²) in [6.07, 6.45) is 3.68. The van der Waals surface area contributed by atoms with Gasteiger partial charge in [0.25, 0.3) is 0 Å². The lowest BCUT2D eigenvalue weighted by molar-refractivity contribution is -0.133. The fourth-order valence-electron chi connectivity index (χ4n) is 3.77. The van der Waals surface area contributed by atoms with Crippen molar-refractivity contribution in [1.82, 2.24) is 39.7 Å². The van der Waals surface area contributed by atoms with Crippen LogP contribution in [0.2, 0.25) is 5.02 Å². The van der Waals surface area contributed by atoms with Crippen LogP contribution >= 0.6 is 11.6 Å². The number of likely N-dealkylation sites (tertiary alicyclic amines) is 1. The van der Waals surface area contributed by atoms with Crippen molar-refractivity contribution in [3.05, 3.63) is 59.5 Å². The average Bonchev–Trinajstić information content (AvgIpc) is 3.42. The van der Waals surface area contributed by atoms with Gasteiger partial charge in [0, 0.05) is 35.8 Å². The lowest BCUT2D eigenvalue weighted by Crippen LogP contribution is -2.40. The van der Waals surface area contributed by atoms with Gasteiger partial charge in [0.1, 0.15) is 12.4 Å². The first kappa shape index (κ1) is 18.7. The second-order valence-corrected chi connectivity index (χ2v) is 7.73. The predicted molar refractivity (Wildman–Crippen MR) is 110 cm³/mol. The van der Waals surface area contributed by atoms with Gasteiger partial charge < -0.3 is 4.90 Å². The molecule has 30 heavy (non-hydrogen) atoms. The molecule has 9 nitrogen and oxygen atoms in total. The van der Waals surface area contributed by atoms with E-state index < -0.39 is 0 Å². The Morgan fingerprint density at radius 3 is 2.63 bits per heavy atom. The molecule has 5 rings (SSSR count). The van der Waals surface area contributed by atoms with Crippen LogP contribution in [0.4, 0.5) is 0 Å². The second-order valence-electron chi connectivity index (χ2n) is 7.29. The van der Waals surface area contributed by atoms with Gasteiger partial charge in [-0.3, -0.25) is 9.20 Å². The van der Waals surface area contributed by atoms with Crippen LogP contribution in [0.25, 0.3) is 17.0 Å². The number of fused-ring (bicyclic) bond motifs is 1. The van der Waals surface area contributed by atoms with Gasteiger partial charge in [-0.1, -0.05) is 17.7 Å². The standard InChI is InChI=1S/C20H19ClN8O/c21-16-6-4-14(5-7-16)19-23-26-29(25-19)13-18(30)27-11-8-15(9-12-27)20-24-22-17-3-1-2-10-28(17)20/h1-7,10,15H,8-9,11-13H2. The molecule has 4 aromatic rings. The van der Waals surface area contributed by atoms with Gasteiger partial charge >= 0.3 is 0 Å². The number of piperidine rings is 1. The van der Waals surface area contributed by atoms with Gasteiger partial charge in [-0.25, -0.2) is 0 Å². The molecule has 3 aromatic heterocycles. The minimum Gasteiger partial charge on any atom is -0.341 e. The number of rotatable bonds is 4. The summed E-state index contributed by atoms with van der Waals surface area (Å²) in [4.78, 5) is 15.9. The Kier molecular flexibility index (Phi) is 4.88. The highest BCUT2D eigenvalue weighted by molar-refractivity contribution is 6.30. The number of aromatic nitrogens is 7. The van der Waals surface area contributed by atoms with Crippen LogP contribution in [-0.2, 0) is 11.3 Å². The number of amides is 1. The first-order valence-corrected chi connectivity index (χ1v) is 10.2. The first-order chi connectivity index (χ1) is 14.7. The molecular weight excluding hydrogens is 404 g/mol. The molecule has 1 aliphatic rings. The number of nitrogens with zero attached hydrogens (tertiary/aromatic N) is 8. The van der Waals surface area contributed by atoms with Crippen molar-refractivity contribution in [3.63, 3.8) is 0 Å². The zero-order chi connectivity index (χ0) is 20.5. The lowest BCUT2D eigenvalue weighted by Gasteiger charge is -2.31. The molecule has 152 valence electrons. The molecule has 0 aliphatic carbocycles. The Balaban J connectivity index is 1.21. The monoisotopic (exact) mass is 422 g/mol. The third kappa shape index (κ3) is 3.63. The highest BCUT2D eigenvalue weighted by Gasteiger charge is 2.27. The van der Waals surface area contributed by atoms with Crippen molar-refractivity contribution in [3.8, 4) is 11.4 Å². The van der Waals surface area contributed by atoms with Crippen LogP contribution in [0.5, 0.6) is 0 Å². The summed E-state index contributed by atoms with van der Waals surface area (Å²) in [5.41, 5.74) is 1.65. The number of hydrogen-bond acceptors (Lipinski definition) is 6. The van der Waals surface area contributed by atoms with E-state index in [0.717, 1.165) is 29.9 Å². The number of carbonyl (C=O) groups excluding carboxylic acids is 1. The van der Waals surface area contributed by atoms with Gasteiger partial charge in [0.2, 0.25) is 11.7 Å². The van der Waals surface area contributed by atoms with Gasteiger partial charge in [0.05, 0.1) is 0 Å². The van der Waals surface area contributed by atoms with E-state index in [1.165, 1.54) is 4.80 Å². The van der Waals surface area contributed by atoms with Gasteiger partial charge in [-0.05, 0) is 54.5 Å². The molecule has 1 aromatic carbocycles. The van der Waals surface area contributed by atoms with Gasteiger partial charge in [-0.2, -0.15) is 4.80 Å². The maximum Gasteiger partial charge on any atom is 0.246 e. The first-order valence-electron chi connectivity index (χ1n) is 9.78. The third-order valence-corrected chi connectivity index (χ3v) is 5.64. The molecule has 0 N–H and O–H groups in total. The smallest absolute Gasteiger partial charge is 0.246 e. The van der Waals surface area contributed by atoms with Crippen molar-refractivity contribution >= 4 is 23.2 Å². The molecule has 0 saturated carbocycles. The molecule has 10 heteroatoms. The van der Waals surface area contributed by atoms with E-state index in [1.54, 1.807) is 12.1 Å². The number of hydrogen-bond donors (Lipinski definition) is 0. The highest BCUT2D eigenvalue weighted by atomic mass is 35.5. The molecule has 0 spiro atoms. The van der Waals surface area contributed by atoms with Crippen LogP contribution in [-0.4, -0.2) is 58.7 Å². The average molecular weight is 423 g/mol. The Morgan fingerprint density at radius 1 is 1.03 bits per heavy atom. The van der Waals surface area contributed by atoms with Crippen LogP contribution in [0.15, 0.2) is 48.7 Å². The van der Waals surface area contributed by atoms with Crippen molar-refractivity contribution in [2.45, 2.75) is 25.3 Å². The van der Waals surface area contributed by atoms with Crippen LogP contribution in [0, 0.1) is 0 Å². The van der Waals surface area contributed by atoms with E-state index in [0.29, 0.717) is 23.9 Å². The summed E-state index contributed by atoms with van der Waals surface area (Å²) in [5, 5.41) is 21.6. The Bertz CT molecular complexity index is 1180. The van der Waals surface area contributed by atoms with E-state index in [4.69, 9.17) is 11.6 Å². The summed E-state index contributed by atoms with van der Waals surface area (Å²) in [6.45, 7) is 1.41. The third-order valence-electron chi connectivity index (χ3n) is 5.38. The summed E-state index contributed by atoms with van der Waals surface area (Å²) in [7, 11) is 0. The lowest BCUT2D eigenvalue weighted by atomic mass is 9.96. The molecule has 0 radical (unpaired) electrons. The van der Waals surface area contributed by atoms with Crippen molar-refractivity contribution in [2.24, 2.45) is 0 Å². The van der Waals surface area contributed by atoms with Crippen molar-refractivity contribution in [1.29, 1.82) is 0 Å². The quantitative estimate of drug-likeness (QED) is 0.501. The van der Waals surface area contributed by atoms with Crippen molar-refractivity contribution < 1.29 is 4.79 Å². The van der Waals surface area contributed by atoms with E-state index in [9.17, 15) is 4.79 Å². The highest BCUT2D eigenvalue weighted by Crippen LogP contribution is 2.27. The summed E-state index contributed by atoms with van der Waals surface area (Å²) >= 11 is 5.91. The zero-order valence-electron chi connectivity index (χ0n) is 16.1. The summed E-state index contributed by atoms with van der Waals surface area (Å²) in [5.74, 6) is 1.70. The van der Waals surface area contributed by atoms with E-state index in [-0.39, 0.29) is 18.4 Å². The molecule has 1 fully saturated rings. The normalized spacial score (nSPS) is 15.0. The molecule has 4 heterocycles. The fraction of sp³-hybridized carbons (Fsp3) is 0.300. The molecular formula is C20H19ClN8O. The SMILES string of the molecule is O=C(Cn1nnc(-c2ccc(Cl)cc2)n1)N1CCC(c2nnc3ccccn23)CC1. The second kappa shape index (κ2) is 7.83. The molecule has 1 aliphatic heterocycles. The summed E-state index contributed by atoms with van der Waals surface area (Å²) < 4.78 is 2.03. The van der Waals surface area contributed by atoms with Crippen LogP contribution < -0.4 is 0 Å². The summed E-state index contributed by atoms with van der Waals surface area (Å²) in [6, 6.07) is 13.1. The van der Waals surface area contributed by atoms with E-state index >= 15 is 0 Å². The number of pyridine rings is 1. The maximum atomic E-state index is 12.7. The Morgan fingerprint density at radius 2 is 1.83 bits per heavy atom. The van der Waals surface area contributed by atoms with Crippen LogP contribution in [0.3, 0.4) is 0 Å². The van der Waals surface area contributed by atoms with E-state index in [2.05, 4.69) is 25.6 Å². The number of halogens is 1. The Labute approximate surface area is 177 Å². The molecule has 1 amide bonds. The fourth-order valence-corrected chi connectivity index (χ4v) is 3.90. The predicted octanol–water partition coefficient (Wildman–Crippen LogP) is 2.44. The maximum absolute atomic E-state index is 12.7. The van der Waals surface area contributed by atoms with Crippen molar-refractivity contribution in [2.75, 3.05) is 13.1 Å². The largest absolute Gasteiger partial charge is 0.341 e. The molecule has 0 unspecified atom stereocenters. The minimum atomic E-state index is -0.0143.